The zero-order valence-electron chi connectivity index (χ0n) is 11.9. The van der Waals surface area contributed by atoms with Gasteiger partial charge in [-0.3, -0.25) is 9.59 Å². The highest BCUT2D eigenvalue weighted by atomic mass is 79.9. The molecule has 1 aromatic carbocycles. The lowest BCUT2D eigenvalue weighted by molar-refractivity contribution is -0.137. The van der Waals surface area contributed by atoms with E-state index in [2.05, 4.69) is 21.2 Å². The number of carbonyl (C=O) groups is 2. The van der Waals surface area contributed by atoms with Gasteiger partial charge in [0.2, 0.25) is 0 Å². The van der Waals surface area contributed by atoms with Crippen LogP contribution in [0.5, 0.6) is 0 Å². The normalized spacial score (nSPS) is 12.0. The molecule has 0 bridgehead atoms. The predicted molar refractivity (Wildman–Crippen MR) is 86.8 cm³/mol. The van der Waals surface area contributed by atoms with Gasteiger partial charge < -0.3 is 10.4 Å². The molecule has 0 spiro atoms. The topological polar surface area (TPSA) is 66.4 Å². The number of amides is 1. The summed E-state index contributed by atoms with van der Waals surface area (Å²) in [6, 6.07) is 5.12. The van der Waals surface area contributed by atoms with Crippen LogP contribution in [0.2, 0.25) is 5.02 Å². The largest absolute Gasteiger partial charge is 0.481 e. The molecule has 1 unspecified atom stereocenters. The van der Waals surface area contributed by atoms with Crippen molar-refractivity contribution in [3.63, 3.8) is 0 Å². The number of carboxylic acids is 1. The number of halogens is 2. The predicted octanol–water partition coefficient (Wildman–Crippen LogP) is 4.11. The van der Waals surface area contributed by atoms with Gasteiger partial charge in [0.15, 0.2) is 0 Å². The SMILES string of the molecule is CCC(CCNC(=O)c1ccc(Br)cc1Cl)CCC(=O)O. The molecule has 1 rings (SSSR count). The molecule has 4 nitrogen and oxygen atoms in total. The fourth-order valence-electron chi connectivity index (χ4n) is 2.04. The van der Waals surface area contributed by atoms with Crippen LogP contribution in [-0.4, -0.2) is 23.5 Å². The molecule has 0 aliphatic rings. The first-order valence-electron chi connectivity index (χ1n) is 6.89. The molecule has 1 aromatic rings. The van der Waals surface area contributed by atoms with Gasteiger partial charge in [-0.2, -0.15) is 0 Å². The fraction of sp³-hybridized carbons (Fsp3) is 0.467. The van der Waals surface area contributed by atoms with Gasteiger partial charge in [-0.15, -0.1) is 0 Å². The smallest absolute Gasteiger partial charge is 0.303 e. The first kappa shape index (κ1) is 18.0. The summed E-state index contributed by atoms with van der Waals surface area (Å²) in [5.74, 6) is -0.679. The zero-order chi connectivity index (χ0) is 15.8. The van der Waals surface area contributed by atoms with Crippen LogP contribution < -0.4 is 5.32 Å². The molecule has 0 radical (unpaired) electrons. The molecular formula is C15H19BrClNO3. The standard InChI is InChI=1S/C15H19BrClNO3/c1-2-10(3-6-14(19)20)7-8-18-15(21)12-5-4-11(16)9-13(12)17/h4-5,9-10H,2-3,6-8H2,1H3,(H,18,21)(H,19,20). The maximum absolute atomic E-state index is 12.0. The zero-order valence-corrected chi connectivity index (χ0v) is 14.2. The number of aliphatic carboxylic acids is 1. The molecule has 0 saturated carbocycles. The highest BCUT2D eigenvalue weighted by molar-refractivity contribution is 9.10. The van der Waals surface area contributed by atoms with E-state index in [1.807, 2.05) is 6.92 Å². The molecule has 21 heavy (non-hydrogen) atoms. The second kappa shape index (κ2) is 9.05. The molecule has 1 amide bonds. The van der Waals surface area contributed by atoms with Crippen LogP contribution >= 0.6 is 27.5 Å². The van der Waals surface area contributed by atoms with Crippen molar-refractivity contribution in [1.29, 1.82) is 0 Å². The van der Waals surface area contributed by atoms with Crippen molar-refractivity contribution in [2.24, 2.45) is 5.92 Å². The van der Waals surface area contributed by atoms with Crippen LogP contribution in [0, 0.1) is 5.92 Å². The second-order valence-corrected chi connectivity index (χ2v) is 6.20. The number of rotatable bonds is 8. The van der Waals surface area contributed by atoms with Gasteiger partial charge in [0.1, 0.15) is 0 Å². The molecule has 2 N–H and O–H groups in total. The van der Waals surface area contributed by atoms with E-state index < -0.39 is 5.97 Å². The third-order valence-electron chi connectivity index (χ3n) is 3.36. The third kappa shape index (κ3) is 6.48. The van der Waals surface area contributed by atoms with E-state index in [0.29, 0.717) is 29.5 Å². The van der Waals surface area contributed by atoms with E-state index >= 15 is 0 Å². The molecule has 0 aliphatic heterocycles. The molecule has 0 aromatic heterocycles. The summed E-state index contributed by atoms with van der Waals surface area (Å²) in [4.78, 5) is 22.6. The van der Waals surface area contributed by atoms with Crippen molar-refractivity contribution >= 4 is 39.4 Å². The van der Waals surface area contributed by atoms with E-state index in [-0.39, 0.29) is 12.3 Å². The monoisotopic (exact) mass is 375 g/mol. The Morgan fingerprint density at radius 1 is 1.38 bits per heavy atom. The Balaban J connectivity index is 2.43. The second-order valence-electron chi connectivity index (χ2n) is 4.88. The van der Waals surface area contributed by atoms with Crippen molar-refractivity contribution in [3.05, 3.63) is 33.3 Å². The maximum Gasteiger partial charge on any atom is 0.303 e. The quantitative estimate of drug-likeness (QED) is 0.717. The fourth-order valence-corrected chi connectivity index (χ4v) is 2.80. The first-order valence-corrected chi connectivity index (χ1v) is 8.06. The van der Waals surface area contributed by atoms with E-state index in [9.17, 15) is 9.59 Å². The molecular weight excluding hydrogens is 358 g/mol. The molecule has 6 heteroatoms. The lowest BCUT2D eigenvalue weighted by Crippen LogP contribution is -2.26. The summed E-state index contributed by atoms with van der Waals surface area (Å²) in [5, 5.41) is 11.9. The summed E-state index contributed by atoms with van der Waals surface area (Å²) < 4.78 is 0.823. The Morgan fingerprint density at radius 3 is 2.67 bits per heavy atom. The average molecular weight is 377 g/mol. The Morgan fingerprint density at radius 2 is 2.10 bits per heavy atom. The highest BCUT2D eigenvalue weighted by Crippen LogP contribution is 2.21. The minimum Gasteiger partial charge on any atom is -0.481 e. The molecule has 116 valence electrons. The maximum atomic E-state index is 12.0. The van der Waals surface area contributed by atoms with E-state index in [1.165, 1.54) is 0 Å². The van der Waals surface area contributed by atoms with Crippen molar-refractivity contribution < 1.29 is 14.7 Å². The summed E-state index contributed by atoms with van der Waals surface area (Å²) in [7, 11) is 0. The minimum atomic E-state index is -0.779. The van der Waals surface area contributed by atoms with Crippen molar-refractivity contribution in [2.75, 3.05) is 6.54 Å². The lowest BCUT2D eigenvalue weighted by Gasteiger charge is -2.14. The Labute approximate surface area is 138 Å². The first-order chi connectivity index (χ1) is 9.93. The van der Waals surface area contributed by atoms with Gasteiger partial charge in [-0.05, 0) is 37.0 Å². The third-order valence-corrected chi connectivity index (χ3v) is 4.16. The van der Waals surface area contributed by atoms with Gasteiger partial charge in [-0.1, -0.05) is 40.9 Å². The van der Waals surface area contributed by atoms with Gasteiger partial charge >= 0.3 is 5.97 Å². The summed E-state index contributed by atoms with van der Waals surface area (Å²) in [6.45, 7) is 2.54. The van der Waals surface area contributed by atoms with Gasteiger partial charge in [0.05, 0.1) is 10.6 Å². The number of carboxylic acid groups (broad SMARTS) is 1. The van der Waals surface area contributed by atoms with Crippen molar-refractivity contribution in [1.82, 2.24) is 5.32 Å². The van der Waals surface area contributed by atoms with Crippen molar-refractivity contribution in [3.8, 4) is 0 Å². The Kier molecular flexibility index (Phi) is 7.75. The molecule has 0 heterocycles. The van der Waals surface area contributed by atoms with Crippen LogP contribution in [0.25, 0.3) is 0 Å². The lowest BCUT2D eigenvalue weighted by atomic mass is 9.96. The van der Waals surface area contributed by atoms with Crippen LogP contribution in [0.4, 0.5) is 0 Å². The van der Waals surface area contributed by atoms with Gasteiger partial charge in [0.25, 0.3) is 5.91 Å². The van der Waals surface area contributed by atoms with Crippen molar-refractivity contribution in [2.45, 2.75) is 32.6 Å². The number of carbonyl (C=O) groups excluding carboxylic acids is 1. The minimum absolute atomic E-state index is 0.172. The van der Waals surface area contributed by atoms with Crippen LogP contribution in [0.1, 0.15) is 43.0 Å². The number of nitrogens with one attached hydrogen (secondary N) is 1. The molecule has 1 atom stereocenters. The summed E-state index contributed by atoms with van der Waals surface area (Å²) in [6.07, 6.45) is 2.48. The van der Waals surface area contributed by atoms with Crippen LogP contribution in [-0.2, 0) is 4.79 Å². The van der Waals surface area contributed by atoms with Crippen LogP contribution in [0.3, 0.4) is 0 Å². The Bertz CT molecular complexity index is 508. The Hall–Kier alpha value is -1.07. The summed E-state index contributed by atoms with van der Waals surface area (Å²) >= 11 is 9.31. The van der Waals surface area contributed by atoms with Gasteiger partial charge in [0, 0.05) is 17.4 Å². The van der Waals surface area contributed by atoms with Crippen LogP contribution in [0.15, 0.2) is 22.7 Å². The van der Waals surface area contributed by atoms with E-state index in [0.717, 1.165) is 17.3 Å². The number of hydrogen-bond donors (Lipinski definition) is 2. The van der Waals surface area contributed by atoms with E-state index in [1.54, 1.807) is 18.2 Å². The number of benzene rings is 1. The van der Waals surface area contributed by atoms with E-state index in [4.69, 9.17) is 16.7 Å². The molecule has 0 fully saturated rings. The van der Waals surface area contributed by atoms with Gasteiger partial charge in [-0.25, -0.2) is 0 Å². The highest BCUT2D eigenvalue weighted by Gasteiger charge is 2.12. The number of hydrogen-bond acceptors (Lipinski definition) is 2. The summed E-state index contributed by atoms with van der Waals surface area (Å²) in [5.41, 5.74) is 0.443. The average Bonchev–Trinajstić information content (AvgIpc) is 2.42. The molecule has 0 saturated heterocycles. The molecule has 0 aliphatic carbocycles.